The molecule has 0 radical (unpaired) electrons. The Morgan fingerprint density at radius 2 is 1.90 bits per heavy atom. The van der Waals surface area contributed by atoms with Gasteiger partial charge in [0.1, 0.15) is 0 Å². The largest absolute Gasteiger partial charge is 0.389 e. The van der Waals surface area contributed by atoms with Crippen molar-refractivity contribution >= 4 is 11.4 Å². The predicted octanol–water partition coefficient (Wildman–Crippen LogP) is 4.68. The van der Waals surface area contributed by atoms with Gasteiger partial charge in [-0.05, 0) is 18.9 Å². The van der Waals surface area contributed by atoms with E-state index in [0.717, 1.165) is 18.2 Å². The summed E-state index contributed by atoms with van der Waals surface area (Å²) in [5, 5.41) is 13.1. The fraction of sp³-hybridized carbons (Fsp3) is 0.500. The molecule has 1 aromatic rings. The van der Waals surface area contributed by atoms with Crippen molar-refractivity contribution in [3.05, 3.63) is 33.9 Å². The highest BCUT2D eigenvalue weighted by atomic mass is 19.4. The van der Waals surface area contributed by atoms with Crippen molar-refractivity contribution < 1.29 is 26.9 Å². The van der Waals surface area contributed by atoms with Crippen LogP contribution < -0.4 is 5.32 Å². The Morgan fingerprint density at radius 1 is 1.24 bits per heavy atom. The zero-order valence-corrected chi connectivity index (χ0v) is 10.8. The van der Waals surface area contributed by atoms with Crippen LogP contribution in [0.25, 0.3) is 0 Å². The maximum Gasteiger partial charge on any atom is 0.389 e. The number of anilines is 1. The van der Waals surface area contributed by atoms with Crippen molar-refractivity contribution in [1.29, 1.82) is 0 Å². The van der Waals surface area contributed by atoms with E-state index in [-0.39, 0.29) is 25.1 Å². The minimum absolute atomic E-state index is 0.0115. The van der Waals surface area contributed by atoms with Gasteiger partial charge in [-0.15, -0.1) is 0 Å². The summed E-state index contributed by atoms with van der Waals surface area (Å²) in [4.78, 5) is 9.72. The number of benzene rings is 1. The molecule has 0 saturated heterocycles. The first-order valence-corrected chi connectivity index (χ1v) is 6.08. The molecule has 1 aromatic carbocycles. The standard InChI is InChI=1S/C12H13F5N2O2/c13-11(14)9-7-8(19(20)21)3-4-10(9)18-6-2-1-5-12(15,16)17/h3-4,7,11,18H,1-2,5-6H2. The first-order chi connectivity index (χ1) is 9.70. The van der Waals surface area contributed by atoms with Crippen LogP contribution in [0.3, 0.4) is 0 Å². The molecule has 0 amide bonds. The lowest BCUT2D eigenvalue weighted by molar-refractivity contribution is -0.385. The number of non-ortho nitro benzene ring substituents is 1. The van der Waals surface area contributed by atoms with E-state index in [4.69, 9.17) is 0 Å². The third-order valence-electron chi connectivity index (χ3n) is 2.68. The van der Waals surface area contributed by atoms with Crippen molar-refractivity contribution in [3.63, 3.8) is 0 Å². The van der Waals surface area contributed by atoms with Crippen molar-refractivity contribution in [2.24, 2.45) is 0 Å². The highest BCUT2D eigenvalue weighted by Gasteiger charge is 2.25. The minimum Gasteiger partial charge on any atom is -0.385 e. The van der Waals surface area contributed by atoms with E-state index >= 15 is 0 Å². The quantitative estimate of drug-likeness (QED) is 0.344. The second kappa shape index (κ2) is 7.19. The highest BCUT2D eigenvalue weighted by Crippen LogP contribution is 2.30. The molecule has 0 heterocycles. The van der Waals surface area contributed by atoms with Gasteiger partial charge in [0, 0.05) is 36.3 Å². The lowest BCUT2D eigenvalue weighted by atomic mass is 10.1. The molecule has 0 fully saturated rings. The summed E-state index contributed by atoms with van der Waals surface area (Å²) in [6.45, 7) is 0.0770. The van der Waals surface area contributed by atoms with Gasteiger partial charge in [0.05, 0.1) is 4.92 Å². The van der Waals surface area contributed by atoms with Crippen LogP contribution in [-0.4, -0.2) is 17.6 Å². The van der Waals surface area contributed by atoms with Crippen LogP contribution in [0, 0.1) is 10.1 Å². The van der Waals surface area contributed by atoms with Crippen LogP contribution in [0.2, 0.25) is 0 Å². The Morgan fingerprint density at radius 3 is 2.43 bits per heavy atom. The number of hydrogen-bond acceptors (Lipinski definition) is 3. The molecule has 1 rings (SSSR count). The number of unbranched alkanes of at least 4 members (excludes halogenated alkanes) is 1. The first-order valence-electron chi connectivity index (χ1n) is 6.08. The summed E-state index contributed by atoms with van der Waals surface area (Å²) >= 11 is 0. The van der Waals surface area contributed by atoms with Crippen LogP contribution >= 0.6 is 0 Å². The van der Waals surface area contributed by atoms with Crippen molar-refractivity contribution in [3.8, 4) is 0 Å². The number of hydrogen-bond donors (Lipinski definition) is 1. The van der Waals surface area contributed by atoms with Gasteiger partial charge in [-0.1, -0.05) is 0 Å². The lowest BCUT2D eigenvalue weighted by Crippen LogP contribution is -2.09. The van der Waals surface area contributed by atoms with Crippen LogP contribution in [0.15, 0.2) is 18.2 Å². The van der Waals surface area contributed by atoms with Crippen LogP contribution in [0.1, 0.15) is 31.3 Å². The smallest absolute Gasteiger partial charge is 0.385 e. The van der Waals surface area contributed by atoms with Gasteiger partial charge in [0.25, 0.3) is 12.1 Å². The highest BCUT2D eigenvalue weighted by molar-refractivity contribution is 5.56. The molecule has 0 saturated carbocycles. The van der Waals surface area contributed by atoms with Gasteiger partial charge < -0.3 is 5.32 Å². The minimum atomic E-state index is -4.23. The average molecular weight is 312 g/mol. The number of nitrogens with one attached hydrogen (secondary N) is 1. The number of nitro benzene ring substituents is 1. The summed E-state index contributed by atoms with van der Waals surface area (Å²) in [6.07, 6.45) is -8.05. The molecule has 4 nitrogen and oxygen atoms in total. The topological polar surface area (TPSA) is 55.2 Å². The molecule has 0 atom stereocenters. The molecule has 0 bridgehead atoms. The van der Waals surface area contributed by atoms with Crippen molar-refractivity contribution in [2.75, 3.05) is 11.9 Å². The van der Waals surface area contributed by atoms with Crippen molar-refractivity contribution in [2.45, 2.75) is 31.9 Å². The molecule has 0 aromatic heterocycles. The zero-order chi connectivity index (χ0) is 16.0. The van der Waals surface area contributed by atoms with Crippen molar-refractivity contribution in [1.82, 2.24) is 0 Å². The average Bonchev–Trinajstić information content (AvgIpc) is 2.36. The Kier molecular flexibility index (Phi) is 5.86. The summed E-state index contributed by atoms with van der Waals surface area (Å²) in [6, 6.07) is 2.94. The molecule has 0 spiro atoms. The van der Waals surface area contributed by atoms with Crippen LogP contribution in [-0.2, 0) is 0 Å². The molecule has 0 aliphatic heterocycles. The first kappa shape index (κ1) is 17.1. The third kappa shape index (κ3) is 5.92. The third-order valence-corrected chi connectivity index (χ3v) is 2.68. The maximum atomic E-state index is 12.8. The summed E-state index contributed by atoms with van der Waals surface area (Å²) in [5.74, 6) is 0. The summed E-state index contributed by atoms with van der Waals surface area (Å²) < 4.78 is 61.3. The fourth-order valence-electron chi connectivity index (χ4n) is 1.68. The van der Waals surface area contributed by atoms with Gasteiger partial charge in [0.2, 0.25) is 0 Å². The molecule has 21 heavy (non-hydrogen) atoms. The van der Waals surface area contributed by atoms with Gasteiger partial charge in [-0.25, -0.2) is 8.78 Å². The van der Waals surface area contributed by atoms with E-state index in [1.54, 1.807) is 0 Å². The number of rotatable bonds is 7. The van der Waals surface area contributed by atoms with E-state index in [1.807, 2.05) is 0 Å². The SMILES string of the molecule is O=[N+]([O-])c1ccc(NCCCCC(F)(F)F)c(C(F)F)c1. The van der Waals surface area contributed by atoms with E-state index in [2.05, 4.69) is 5.32 Å². The van der Waals surface area contributed by atoms with Gasteiger partial charge in [-0.2, -0.15) is 13.2 Å². The molecular weight excluding hydrogens is 299 g/mol. The Balaban J connectivity index is 2.60. The van der Waals surface area contributed by atoms with E-state index < -0.39 is 35.2 Å². The molecule has 1 N–H and O–H groups in total. The molecule has 0 unspecified atom stereocenters. The summed E-state index contributed by atoms with van der Waals surface area (Å²) in [5.41, 5.74) is -1.02. The van der Waals surface area contributed by atoms with Crippen LogP contribution in [0.4, 0.5) is 33.3 Å². The molecule has 9 heteroatoms. The maximum absolute atomic E-state index is 12.8. The zero-order valence-electron chi connectivity index (χ0n) is 10.8. The van der Waals surface area contributed by atoms with E-state index in [1.165, 1.54) is 0 Å². The monoisotopic (exact) mass is 312 g/mol. The molecule has 118 valence electrons. The molecular formula is C12H13F5N2O2. The Labute approximate surface area is 117 Å². The number of nitro groups is 1. The van der Waals surface area contributed by atoms with E-state index in [9.17, 15) is 32.1 Å². The Hall–Kier alpha value is -1.93. The Bertz CT molecular complexity index is 491. The lowest BCUT2D eigenvalue weighted by Gasteiger charge is -2.12. The second-order valence-electron chi connectivity index (χ2n) is 4.33. The van der Waals surface area contributed by atoms with Gasteiger partial charge in [-0.3, -0.25) is 10.1 Å². The number of halogens is 5. The predicted molar refractivity (Wildman–Crippen MR) is 66.4 cm³/mol. The number of alkyl halides is 5. The molecule has 0 aliphatic carbocycles. The normalized spacial score (nSPS) is 11.7. The van der Waals surface area contributed by atoms with Gasteiger partial charge >= 0.3 is 6.18 Å². The second-order valence-corrected chi connectivity index (χ2v) is 4.33. The summed E-state index contributed by atoms with van der Waals surface area (Å²) in [7, 11) is 0. The fourth-order valence-corrected chi connectivity index (χ4v) is 1.68. The van der Waals surface area contributed by atoms with E-state index in [0.29, 0.717) is 0 Å². The van der Waals surface area contributed by atoms with Crippen LogP contribution in [0.5, 0.6) is 0 Å². The molecule has 0 aliphatic rings. The number of nitrogens with zero attached hydrogens (tertiary/aromatic N) is 1. The van der Waals surface area contributed by atoms with Gasteiger partial charge in [0.15, 0.2) is 0 Å².